The summed E-state index contributed by atoms with van der Waals surface area (Å²) in [5, 5.41) is 13.4. The van der Waals surface area contributed by atoms with E-state index in [1.807, 2.05) is 13.0 Å². The summed E-state index contributed by atoms with van der Waals surface area (Å²) in [5.41, 5.74) is 0.798. The average molecular weight is 271 g/mol. The Hall–Kier alpha value is -0.910. The Bertz CT molecular complexity index is 373. The normalized spacial score (nSPS) is 14.1. The predicted octanol–water partition coefficient (Wildman–Crippen LogP) is 1.65. The third kappa shape index (κ3) is 3.80. The maximum Gasteiger partial charge on any atom is 0.161 e. The van der Waals surface area contributed by atoms with Crippen molar-refractivity contribution >= 4 is 12.6 Å². The maximum absolute atomic E-state index is 10.2. The molecule has 0 saturated carbocycles. The molecule has 0 aliphatic carbocycles. The molecule has 2 N–H and O–H groups in total. The molecule has 2 unspecified atom stereocenters. The van der Waals surface area contributed by atoms with Crippen LogP contribution in [0.5, 0.6) is 11.5 Å². The fourth-order valence-electron chi connectivity index (χ4n) is 1.73. The summed E-state index contributed by atoms with van der Waals surface area (Å²) in [6, 6.07) is 5.38. The minimum absolute atomic E-state index is 0.0461. The number of ether oxygens (including phenoxy) is 2. The van der Waals surface area contributed by atoms with Crippen LogP contribution in [-0.2, 0) is 0 Å². The number of rotatable bonds is 7. The zero-order valence-electron chi connectivity index (χ0n) is 11.0. The molecule has 0 saturated heterocycles. The van der Waals surface area contributed by atoms with Gasteiger partial charge in [-0.3, -0.25) is 0 Å². The van der Waals surface area contributed by atoms with Gasteiger partial charge in [0, 0.05) is 18.3 Å². The Morgan fingerprint density at radius 2 is 1.94 bits per heavy atom. The largest absolute Gasteiger partial charge is 0.493 e. The van der Waals surface area contributed by atoms with E-state index >= 15 is 0 Å². The van der Waals surface area contributed by atoms with Gasteiger partial charge in [-0.25, -0.2) is 0 Å². The van der Waals surface area contributed by atoms with Crippen LogP contribution in [0.15, 0.2) is 18.2 Å². The molecule has 1 rings (SSSR count). The lowest BCUT2D eigenvalue weighted by atomic mass is 10.0. The summed E-state index contributed by atoms with van der Waals surface area (Å²) in [5.74, 6) is 2.02. The second-order valence-electron chi connectivity index (χ2n) is 4.03. The van der Waals surface area contributed by atoms with Gasteiger partial charge in [-0.2, -0.15) is 12.6 Å². The molecule has 2 atom stereocenters. The van der Waals surface area contributed by atoms with E-state index in [-0.39, 0.29) is 6.04 Å². The summed E-state index contributed by atoms with van der Waals surface area (Å²) in [6.45, 7) is 2.69. The van der Waals surface area contributed by atoms with Crippen molar-refractivity contribution < 1.29 is 14.6 Å². The zero-order chi connectivity index (χ0) is 13.5. The lowest BCUT2D eigenvalue weighted by Crippen LogP contribution is -2.33. The van der Waals surface area contributed by atoms with Gasteiger partial charge in [-0.05, 0) is 24.6 Å². The van der Waals surface area contributed by atoms with E-state index in [9.17, 15) is 5.11 Å². The first-order valence-corrected chi connectivity index (χ1v) is 6.51. The number of thiol groups is 1. The summed E-state index contributed by atoms with van der Waals surface area (Å²) in [7, 11) is 3.17. The van der Waals surface area contributed by atoms with Gasteiger partial charge in [-0.15, -0.1) is 0 Å². The molecular weight excluding hydrogens is 250 g/mol. The van der Waals surface area contributed by atoms with Crippen LogP contribution in [-0.4, -0.2) is 37.7 Å². The highest BCUT2D eigenvalue weighted by Crippen LogP contribution is 2.30. The molecular formula is C13H21NO3S. The highest BCUT2D eigenvalue weighted by Gasteiger charge is 2.17. The van der Waals surface area contributed by atoms with Crippen molar-refractivity contribution in [3.8, 4) is 11.5 Å². The highest BCUT2D eigenvalue weighted by molar-refractivity contribution is 7.80. The third-order valence-electron chi connectivity index (χ3n) is 2.80. The monoisotopic (exact) mass is 271 g/mol. The SMILES string of the molecule is COc1ccc(C(O)C(C)NCCS)cc1OC. The molecule has 0 aromatic heterocycles. The van der Waals surface area contributed by atoms with Gasteiger partial charge >= 0.3 is 0 Å². The van der Waals surface area contributed by atoms with Crippen LogP contribution in [0.4, 0.5) is 0 Å². The van der Waals surface area contributed by atoms with Crippen molar-refractivity contribution in [3.63, 3.8) is 0 Å². The predicted molar refractivity (Wildman–Crippen MR) is 75.8 cm³/mol. The van der Waals surface area contributed by atoms with Crippen molar-refractivity contribution in [2.24, 2.45) is 0 Å². The van der Waals surface area contributed by atoms with Gasteiger partial charge < -0.3 is 19.9 Å². The second-order valence-corrected chi connectivity index (χ2v) is 4.47. The first kappa shape index (κ1) is 15.1. The van der Waals surface area contributed by atoms with E-state index < -0.39 is 6.10 Å². The molecule has 0 aliphatic heterocycles. The lowest BCUT2D eigenvalue weighted by Gasteiger charge is -2.21. The van der Waals surface area contributed by atoms with Crippen LogP contribution in [0.3, 0.4) is 0 Å². The molecule has 18 heavy (non-hydrogen) atoms. The van der Waals surface area contributed by atoms with Gasteiger partial charge in [0.1, 0.15) is 0 Å². The molecule has 0 heterocycles. The van der Waals surface area contributed by atoms with Crippen molar-refractivity contribution in [2.45, 2.75) is 19.1 Å². The number of aliphatic hydroxyl groups is 1. The number of benzene rings is 1. The first-order chi connectivity index (χ1) is 8.63. The number of nitrogens with one attached hydrogen (secondary N) is 1. The number of hydrogen-bond donors (Lipinski definition) is 3. The molecule has 0 bridgehead atoms. The van der Waals surface area contributed by atoms with E-state index in [0.29, 0.717) is 11.5 Å². The van der Waals surface area contributed by atoms with Crippen LogP contribution >= 0.6 is 12.6 Å². The van der Waals surface area contributed by atoms with Crippen LogP contribution in [0.25, 0.3) is 0 Å². The molecule has 0 amide bonds. The van der Waals surface area contributed by atoms with Crippen molar-refractivity contribution in [1.29, 1.82) is 0 Å². The Labute approximate surface area is 114 Å². The van der Waals surface area contributed by atoms with Crippen LogP contribution in [0, 0.1) is 0 Å². The number of aliphatic hydroxyl groups excluding tert-OH is 1. The summed E-state index contributed by atoms with van der Waals surface area (Å²) >= 11 is 4.13. The van der Waals surface area contributed by atoms with Gasteiger partial charge in [0.15, 0.2) is 11.5 Å². The van der Waals surface area contributed by atoms with E-state index in [4.69, 9.17) is 9.47 Å². The quantitative estimate of drug-likeness (QED) is 0.660. The highest BCUT2D eigenvalue weighted by atomic mass is 32.1. The molecule has 0 spiro atoms. The van der Waals surface area contributed by atoms with Gasteiger partial charge in [0.05, 0.1) is 20.3 Å². The summed E-state index contributed by atoms with van der Waals surface area (Å²) in [4.78, 5) is 0. The molecule has 5 heteroatoms. The van der Waals surface area contributed by atoms with E-state index in [1.165, 1.54) is 0 Å². The second kappa shape index (κ2) is 7.51. The molecule has 4 nitrogen and oxygen atoms in total. The third-order valence-corrected chi connectivity index (χ3v) is 3.02. The minimum atomic E-state index is -0.593. The van der Waals surface area contributed by atoms with Gasteiger partial charge in [0.2, 0.25) is 0 Å². The first-order valence-electron chi connectivity index (χ1n) is 5.88. The minimum Gasteiger partial charge on any atom is -0.493 e. The van der Waals surface area contributed by atoms with Crippen molar-refractivity contribution in [2.75, 3.05) is 26.5 Å². The van der Waals surface area contributed by atoms with E-state index in [0.717, 1.165) is 17.9 Å². The Kier molecular flexibility index (Phi) is 6.32. The van der Waals surface area contributed by atoms with Crippen LogP contribution in [0.2, 0.25) is 0 Å². The molecule has 0 fully saturated rings. The van der Waals surface area contributed by atoms with Crippen LogP contribution < -0.4 is 14.8 Å². The van der Waals surface area contributed by atoms with E-state index in [1.54, 1.807) is 26.4 Å². The fourth-order valence-corrected chi connectivity index (χ4v) is 1.86. The number of methoxy groups -OCH3 is 2. The Balaban J connectivity index is 2.82. The standard InChI is InChI=1S/C13H21NO3S/c1-9(14-6-7-18)13(15)10-4-5-11(16-2)12(8-10)17-3/h4-5,8-9,13-15,18H,6-7H2,1-3H3. The smallest absolute Gasteiger partial charge is 0.161 e. The maximum atomic E-state index is 10.2. The van der Waals surface area contributed by atoms with E-state index in [2.05, 4.69) is 17.9 Å². The van der Waals surface area contributed by atoms with Gasteiger partial charge in [-0.1, -0.05) is 6.07 Å². The van der Waals surface area contributed by atoms with Crippen LogP contribution in [0.1, 0.15) is 18.6 Å². The average Bonchev–Trinajstić information content (AvgIpc) is 2.42. The molecule has 102 valence electrons. The molecule has 0 radical (unpaired) electrons. The molecule has 0 aliphatic rings. The Morgan fingerprint density at radius 3 is 2.50 bits per heavy atom. The molecule has 1 aromatic carbocycles. The summed E-state index contributed by atoms with van der Waals surface area (Å²) < 4.78 is 10.4. The molecule has 1 aromatic rings. The topological polar surface area (TPSA) is 50.7 Å². The number of hydrogen-bond acceptors (Lipinski definition) is 5. The van der Waals surface area contributed by atoms with Crippen molar-refractivity contribution in [3.05, 3.63) is 23.8 Å². The lowest BCUT2D eigenvalue weighted by molar-refractivity contribution is 0.137. The Morgan fingerprint density at radius 1 is 1.28 bits per heavy atom. The van der Waals surface area contributed by atoms with Gasteiger partial charge in [0.25, 0.3) is 0 Å². The summed E-state index contributed by atoms with van der Waals surface area (Å²) in [6.07, 6.45) is -0.593. The fraction of sp³-hybridized carbons (Fsp3) is 0.538. The van der Waals surface area contributed by atoms with Crippen molar-refractivity contribution in [1.82, 2.24) is 5.32 Å². The zero-order valence-corrected chi connectivity index (χ0v) is 11.9.